The summed E-state index contributed by atoms with van der Waals surface area (Å²) in [6.07, 6.45) is 1.86. The van der Waals surface area contributed by atoms with E-state index in [0.717, 1.165) is 11.3 Å². The molecule has 0 saturated carbocycles. The maximum Gasteiger partial charge on any atom is 0.255 e. The largest absolute Gasteiger partial charge is 0.336 e. The number of nitrogens with zero attached hydrogens (tertiary/aromatic N) is 3. The minimum absolute atomic E-state index is 0.0142. The van der Waals surface area contributed by atoms with Crippen LogP contribution in [0.3, 0.4) is 0 Å². The van der Waals surface area contributed by atoms with Crippen LogP contribution in [-0.4, -0.2) is 45.7 Å². The molecule has 2 aromatic rings. The topological polar surface area (TPSA) is 53.5 Å². The van der Waals surface area contributed by atoms with Gasteiger partial charge in [-0.25, -0.2) is 4.39 Å². The van der Waals surface area contributed by atoms with E-state index in [4.69, 9.17) is 0 Å². The molecule has 1 saturated heterocycles. The monoisotopic (exact) mass is 383 g/mol. The van der Waals surface area contributed by atoms with Gasteiger partial charge in [-0.2, -0.15) is 0 Å². The summed E-state index contributed by atoms with van der Waals surface area (Å²) < 4.78 is 13.2. The number of benzene rings is 1. The Morgan fingerprint density at radius 3 is 2.54 bits per heavy atom. The second-order valence-corrected chi connectivity index (χ2v) is 7.65. The first-order valence-corrected chi connectivity index (χ1v) is 9.61. The van der Waals surface area contributed by atoms with Crippen LogP contribution in [-0.2, 0) is 11.3 Å². The van der Waals surface area contributed by atoms with Crippen LogP contribution in [0.1, 0.15) is 41.9 Å². The summed E-state index contributed by atoms with van der Waals surface area (Å²) in [5, 5.41) is 0. The third-order valence-corrected chi connectivity index (χ3v) is 5.20. The maximum atomic E-state index is 13.2. The Morgan fingerprint density at radius 2 is 1.93 bits per heavy atom. The van der Waals surface area contributed by atoms with Crippen molar-refractivity contribution in [3.63, 3.8) is 0 Å². The minimum atomic E-state index is -0.296. The second kappa shape index (κ2) is 8.50. The van der Waals surface area contributed by atoms with E-state index in [-0.39, 0.29) is 36.0 Å². The molecule has 0 aliphatic carbocycles. The van der Waals surface area contributed by atoms with Gasteiger partial charge in [0, 0.05) is 37.9 Å². The number of hydrogen-bond donors (Lipinski definition) is 0. The third kappa shape index (κ3) is 4.55. The van der Waals surface area contributed by atoms with Crippen molar-refractivity contribution >= 4 is 11.8 Å². The van der Waals surface area contributed by atoms with E-state index in [1.807, 2.05) is 17.9 Å². The average Bonchev–Trinajstić information content (AvgIpc) is 2.83. The smallest absolute Gasteiger partial charge is 0.255 e. The molecular weight excluding hydrogens is 357 g/mol. The van der Waals surface area contributed by atoms with Gasteiger partial charge in [-0.05, 0) is 42.7 Å². The molecule has 2 heterocycles. The quantitative estimate of drug-likeness (QED) is 0.813. The Morgan fingerprint density at radius 1 is 1.21 bits per heavy atom. The summed E-state index contributed by atoms with van der Waals surface area (Å²) >= 11 is 0. The van der Waals surface area contributed by atoms with Crippen molar-refractivity contribution < 1.29 is 14.0 Å². The lowest BCUT2D eigenvalue weighted by Crippen LogP contribution is -2.47. The first kappa shape index (κ1) is 20.0. The molecule has 1 aromatic carbocycles. The molecule has 1 fully saturated rings. The second-order valence-electron chi connectivity index (χ2n) is 7.65. The molecule has 3 rings (SSSR count). The molecular formula is C22H26FN3O2. The van der Waals surface area contributed by atoms with E-state index < -0.39 is 0 Å². The fraction of sp³-hybridized carbons (Fsp3) is 0.409. The molecule has 1 aliphatic heterocycles. The standard InChI is InChI=1S/C22H26FN3O2/c1-15(2)20-14-25(22(28)18-7-4-16(3)24-12-18)11-10-21(27)26(20)13-17-5-8-19(23)9-6-17/h4-9,12,15,20H,10-11,13-14H2,1-3H3. The lowest BCUT2D eigenvalue weighted by Gasteiger charge is -2.34. The number of halogens is 1. The summed E-state index contributed by atoms with van der Waals surface area (Å²) in [4.78, 5) is 33.6. The van der Waals surface area contributed by atoms with Gasteiger partial charge in [0.05, 0.1) is 11.6 Å². The molecule has 1 atom stereocenters. The van der Waals surface area contributed by atoms with Crippen molar-refractivity contribution in [3.05, 3.63) is 65.2 Å². The van der Waals surface area contributed by atoms with E-state index in [9.17, 15) is 14.0 Å². The Labute approximate surface area is 165 Å². The Hall–Kier alpha value is -2.76. The molecule has 6 heteroatoms. The molecule has 0 radical (unpaired) electrons. The molecule has 1 aliphatic rings. The number of aromatic nitrogens is 1. The average molecular weight is 383 g/mol. The highest BCUT2D eigenvalue weighted by Gasteiger charge is 2.33. The van der Waals surface area contributed by atoms with E-state index in [0.29, 0.717) is 25.2 Å². The number of amides is 2. The summed E-state index contributed by atoms with van der Waals surface area (Å²) in [5.41, 5.74) is 2.27. The first-order chi connectivity index (χ1) is 13.3. The van der Waals surface area contributed by atoms with Crippen LogP contribution in [0.15, 0.2) is 42.6 Å². The predicted molar refractivity (Wildman–Crippen MR) is 105 cm³/mol. The van der Waals surface area contributed by atoms with Gasteiger partial charge in [0.2, 0.25) is 5.91 Å². The van der Waals surface area contributed by atoms with Gasteiger partial charge in [0.25, 0.3) is 5.91 Å². The van der Waals surface area contributed by atoms with Gasteiger partial charge in [-0.3, -0.25) is 14.6 Å². The highest BCUT2D eigenvalue weighted by atomic mass is 19.1. The van der Waals surface area contributed by atoms with Crippen molar-refractivity contribution in [1.29, 1.82) is 0 Å². The van der Waals surface area contributed by atoms with Crippen molar-refractivity contribution in [2.45, 2.75) is 39.8 Å². The van der Waals surface area contributed by atoms with Crippen LogP contribution in [0.4, 0.5) is 4.39 Å². The van der Waals surface area contributed by atoms with Gasteiger partial charge in [-0.15, -0.1) is 0 Å². The molecule has 0 N–H and O–H groups in total. The SMILES string of the molecule is Cc1ccc(C(=O)N2CCC(=O)N(Cc3ccc(F)cc3)C(C(C)C)C2)cn1. The van der Waals surface area contributed by atoms with E-state index >= 15 is 0 Å². The summed E-state index contributed by atoms with van der Waals surface area (Å²) in [7, 11) is 0. The highest BCUT2D eigenvalue weighted by Crippen LogP contribution is 2.22. The fourth-order valence-corrected chi connectivity index (χ4v) is 3.50. The first-order valence-electron chi connectivity index (χ1n) is 9.61. The van der Waals surface area contributed by atoms with Crippen LogP contribution in [0.25, 0.3) is 0 Å². The van der Waals surface area contributed by atoms with Gasteiger partial charge in [0.15, 0.2) is 0 Å². The zero-order valence-electron chi connectivity index (χ0n) is 16.6. The van der Waals surface area contributed by atoms with Crippen molar-refractivity contribution in [2.24, 2.45) is 5.92 Å². The summed E-state index contributed by atoms with van der Waals surface area (Å²) in [6, 6.07) is 9.69. The molecule has 0 bridgehead atoms. The number of carbonyl (C=O) groups excluding carboxylic acids is 2. The van der Waals surface area contributed by atoms with Crippen molar-refractivity contribution in [2.75, 3.05) is 13.1 Å². The molecule has 1 aromatic heterocycles. The fourth-order valence-electron chi connectivity index (χ4n) is 3.50. The lowest BCUT2D eigenvalue weighted by atomic mass is 10.0. The molecule has 1 unspecified atom stereocenters. The number of hydrogen-bond acceptors (Lipinski definition) is 3. The lowest BCUT2D eigenvalue weighted by molar-refractivity contribution is -0.134. The van der Waals surface area contributed by atoms with E-state index in [1.54, 1.807) is 29.3 Å². The molecule has 5 nitrogen and oxygen atoms in total. The minimum Gasteiger partial charge on any atom is -0.336 e. The third-order valence-electron chi connectivity index (χ3n) is 5.20. The zero-order valence-corrected chi connectivity index (χ0v) is 16.6. The van der Waals surface area contributed by atoms with Crippen molar-refractivity contribution in [1.82, 2.24) is 14.8 Å². The van der Waals surface area contributed by atoms with Crippen LogP contribution < -0.4 is 0 Å². The number of aryl methyl sites for hydroxylation is 1. The number of carbonyl (C=O) groups is 2. The van der Waals surface area contributed by atoms with Gasteiger partial charge in [0.1, 0.15) is 5.82 Å². The number of pyridine rings is 1. The number of rotatable bonds is 4. The Kier molecular flexibility index (Phi) is 6.07. The van der Waals surface area contributed by atoms with Gasteiger partial charge >= 0.3 is 0 Å². The maximum absolute atomic E-state index is 13.2. The Bertz CT molecular complexity index is 834. The van der Waals surface area contributed by atoms with Gasteiger partial charge in [-0.1, -0.05) is 26.0 Å². The van der Waals surface area contributed by atoms with Crippen molar-refractivity contribution in [3.8, 4) is 0 Å². The summed E-state index contributed by atoms with van der Waals surface area (Å²) in [5.74, 6) is -0.210. The summed E-state index contributed by atoms with van der Waals surface area (Å²) in [6.45, 7) is 7.25. The van der Waals surface area contributed by atoms with E-state index in [1.165, 1.54) is 12.1 Å². The zero-order chi connectivity index (χ0) is 20.3. The van der Waals surface area contributed by atoms with Crippen LogP contribution in [0.2, 0.25) is 0 Å². The molecule has 148 valence electrons. The Balaban J connectivity index is 1.82. The predicted octanol–water partition coefficient (Wildman–Crippen LogP) is 3.43. The van der Waals surface area contributed by atoms with Crippen LogP contribution in [0.5, 0.6) is 0 Å². The highest BCUT2D eigenvalue weighted by molar-refractivity contribution is 5.94. The van der Waals surface area contributed by atoms with Gasteiger partial charge < -0.3 is 9.80 Å². The molecule has 28 heavy (non-hydrogen) atoms. The van der Waals surface area contributed by atoms with Crippen LogP contribution in [0, 0.1) is 18.7 Å². The van der Waals surface area contributed by atoms with Crippen LogP contribution >= 0.6 is 0 Å². The molecule has 2 amide bonds. The molecule has 0 spiro atoms. The van der Waals surface area contributed by atoms with E-state index in [2.05, 4.69) is 18.8 Å². The normalized spacial score (nSPS) is 17.8.